The van der Waals surface area contributed by atoms with Crippen LogP contribution in [0.5, 0.6) is 0 Å². The number of hydrogen-bond donors (Lipinski definition) is 0. The summed E-state index contributed by atoms with van der Waals surface area (Å²) in [6, 6.07) is 85.0. The molecule has 0 aliphatic carbocycles. The van der Waals surface area contributed by atoms with E-state index in [0.717, 1.165) is 17.1 Å². The first-order chi connectivity index (χ1) is 27.2. The molecule has 1 nitrogen and oxygen atoms in total. The van der Waals surface area contributed by atoms with Gasteiger partial charge in [0, 0.05) is 17.1 Å². The smallest absolute Gasteiger partial charge is 0.0462 e. The van der Waals surface area contributed by atoms with E-state index in [2.05, 4.69) is 241 Å². The maximum atomic E-state index is 2.35. The molecule has 55 heavy (non-hydrogen) atoms. The minimum atomic E-state index is 1.09. The van der Waals surface area contributed by atoms with E-state index < -0.39 is 0 Å². The molecular weight excluding hydrogens is 663 g/mol. The minimum absolute atomic E-state index is 1.09. The van der Waals surface area contributed by atoms with Crippen LogP contribution in [0.1, 0.15) is 0 Å². The van der Waals surface area contributed by atoms with E-state index in [4.69, 9.17) is 0 Å². The van der Waals surface area contributed by atoms with Crippen molar-refractivity contribution in [1.29, 1.82) is 0 Å². The van der Waals surface area contributed by atoms with Crippen molar-refractivity contribution in [2.24, 2.45) is 0 Å². The van der Waals surface area contributed by atoms with Gasteiger partial charge in [-0.2, -0.15) is 0 Å². The van der Waals surface area contributed by atoms with Crippen LogP contribution >= 0.6 is 0 Å². The molecule has 0 atom stereocenters. The fourth-order valence-corrected chi connectivity index (χ4v) is 7.38. The van der Waals surface area contributed by atoms with Crippen molar-refractivity contribution >= 4 is 17.1 Å². The number of rotatable bonds is 9. The molecule has 0 saturated heterocycles. The number of anilines is 3. The van der Waals surface area contributed by atoms with E-state index in [1.165, 1.54) is 66.8 Å². The second kappa shape index (κ2) is 15.4. The number of nitrogens with zero attached hydrogens (tertiary/aromatic N) is 1. The van der Waals surface area contributed by atoms with E-state index in [0.29, 0.717) is 0 Å². The molecular formula is C54H39N. The highest BCUT2D eigenvalue weighted by Gasteiger charge is 2.15. The predicted molar refractivity (Wildman–Crippen MR) is 234 cm³/mol. The van der Waals surface area contributed by atoms with Crippen molar-refractivity contribution in [3.8, 4) is 66.8 Å². The van der Waals surface area contributed by atoms with Crippen molar-refractivity contribution < 1.29 is 0 Å². The lowest BCUT2D eigenvalue weighted by Crippen LogP contribution is -2.09. The summed E-state index contributed by atoms with van der Waals surface area (Å²) in [5.41, 5.74) is 17.7. The summed E-state index contributed by atoms with van der Waals surface area (Å²) < 4.78 is 0. The summed E-state index contributed by atoms with van der Waals surface area (Å²) in [5, 5.41) is 0. The molecule has 0 radical (unpaired) electrons. The van der Waals surface area contributed by atoms with Gasteiger partial charge >= 0.3 is 0 Å². The van der Waals surface area contributed by atoms with Crippen LogP contribution in [0.3, 0.4) is 0 Å². The number of benzene rings is 9. The molecule has 0 bridgehead atoms. The summed E-state index contributed by atoms with van der Waals surface area (Å²) in [4.78, 5) is 2.35. The third-order valence-corrected chi connectivity index (χ3v) is 10.3. The zero-order valence-corrected chi connectivity index (χ0v) is 30.5. The Morgan fingerprint density at radius 1 is 0.164 bits per heavy atom. The van der Waals surface area contributed by atoms with Crippen LogP contribution in [-0.4, -0.2) is 0 Å². The van der Waals surface area contributed by atoms with Crippen molar-refractivity contribution in [3.05, 3.63) is 237 Å². The van der Waals surface area contributed by atoms with E-state index >= 15 is 0 Å². The average molecular weight is 702 g/mol. The third-order valence-electron chi connectivity index (χ3n) is 10.3. The monoisotopic (exact) mass is 701 g/mol. The topological polar surface area (TPSA) is 3.24 Å². The van der Waals surface area contributed by atoms with Gasteiger partial charge in [-0.3, -0.25) is 0 Å². The SMILES string of the molecule is c1ccc(-c2ccc(N(c3ccc(-c4cccc(-c5ccccc5)c4)cc3)c3ccc(-c4cc(-c5ccccc5)cc(-c5ccccc5)c4)cc3)cc2)cc1. The van der Waals surface area contributed by atoms with Crippen LogP contribution in [0.2, 0.25) is 0 Å². The van der Waals surface area contributed by atoms with Crippen LogP contribution in [0.15, 0.2) is 237 Å². The van der Waals surface area contributed by atoms with Gasteiger partial charge in [0.25, 0.3) is 0 Å². The Morgan fingerprint density at radius 2 is 0.382 bits per heavy atom. The second-order valence-corrected chi connectivity index (χ2v) is 13.8. The molecule has 0 aromatic heterocycles. The fraction of sp³-hybridized carbons (Fsp3) is 0. The molecule has 260 valence electrons. The van der Waals surface area contributed by atoms with Crippen LogP contribution in [0, 0.1) is 0 Å². The van der Waals surface area contributed by atoms with Gasteiger partial charge in [-0.15, -0.1) is 0 Å². The Hall–Kier alpha value is -7.22. The Balaban J connectivity index is 1.09. The lowest BCUT2D eigenvalue weighted by Gasteiger charge is -2.26. The van der Waals surface area contributed by atoms with Crippen molar-refractivity contribution in [2.45, 2.75) is 0 Å². The normalized spacial score (nSPS) is 10.9. The average Bonchev–Trinajstić information content (AvgIpc) is 3.28. The highest BCUT2D eigenvalue weighted by Crippen LogP contribution is 2.39. The lowest BCUT2D eigenvalue weighted by atomic mass is 9.93. The Bertz CT molecular complexity index is 2570. The number of hydrogen-bond acceptors (Lipinski definition) is 1. The summed E-state index contributed by atoms with van der Waals surface area (Å²) >= 11 is 0. The predicted octanol–water partition coefficient (Wildman–Crippen LogP) is 15.2. The van der Waals surface area contributed by atoms with Crippen molar-refractivity contribution in [1.82, 2.24) is 0 Å². The van der Waals surface area contributed by atoms with Gasteiger partial charge in [0.2, 0.25) is 0 Å². The van der Waals surface area contributed by atoms with Gasteiger partial charge in [0.05, 0.1) is 0 Å². The summed E-state index contributed by atoms with van der Waals surface area (Å²) in [5.74, 6) is 0. The van der Waals surface area contributed by atoms with Crippen LogP contribution in [0.25, 0.3) is 66.8 Å². The molecule has 0 spiro atoms. The van der Waals surface area contributed by atoms with Crippen LogP contribution in [0.4, 0.5) is 17.1 Å². The molecule has 0 fully saturated rings. The Kier molecular flexibility index (Phi) is 9.41. The molecule has 0 N–H and O–H groups in total. The van der Waals surface area contributed by atoms with Gasteiger partial charge < -0.3 is 4.90 Å². The molecule has 0 saturated carbocycles. The summed E-state index contributed by atoms with van der Waals surface area (Å²) in [6.45, 7) is 0. The van der Waals surface area contributed by atoms with Gasteiger partial charge in [0.15, 0.2) is 0 Å². The maximum absolute atomic E-state index is 2.35. The first-order valence-electron chi connectivity index (χ1n) is 18.8. The maximum Gasteiger partial charge on any atom is 0.0462 e. The fourth-order valence-electron chi connectivity index (χ4n) is 7.38. The zero-order chi connectivity index (χ0) is 36.8. The zero-order valence-electron chi connectivity index (χ0n) is 30.5. The van der Waals surface area contributed by atoms with Gasteiger partial charge in [-0.05, 0) is 127 Å². The van der Waals surface area contributed by atoms with Crippen LogP contribution in [-0.2, 0) is 0 Å². The molecule has 1 heteroatoms. The highest BCUT2D eigenvalue weighted by molar-refractivity contribution is 5.84. The van der Waals surface area contributed by atoms with Crippen LogP contribution < -0.4 is 4.90 Å². The first kappa shape index (κ1) is 33.6. The standard InChI is InChI=1S/C54H39N/c1-5-14-40(15-6-1)44-24-30-52(31-25-44)55(53-32-26-45(27-33-53)48-23-13-22-47(36-48)41-16-7-2-8-17-41)54-34-28-46(29-35-54)51-38-49(42-18-9-3-10-19-42)37-50(39-51)43-20-11-4-12-21-43/h1-39H. The second-order valence-electron chi connectivity index (χ2n) is 13.8. The van der Waals surface area contributed by atoms with Gasteiger partial charge in [-0.25, -0.2) is 0 Å². The molecule has 0 amide bonds. The highest BCUT2D eigenvalue weighted by atomic mass is 15.1. The Morgan fingerprint density at radius 3 is 0.727 bits per heavy atom. The van der Waals surface area contributed by atoms with Gasteiger partial charge in [0.1, 0.15) is 0 Å². The summed E-state index contributed by atoms with van der Waals surface area (Å²) in [6.07, 6.45) is 0. The Labute approximate surface area is 324 Å². The third kappa shape index (κ3) is 7.38. The molecule has 0 aliphatic heterocycles. The van der Waals surface area contributed by atoms with Crippen molar-refractivity contribution in [3.63, 3.8) is 0 Å². The van der Waals surface area contributed by atoms with Crippen molar-refractivity contribution in [2.75, 3.05) is 4.90 Å². The molecule has 9 aromatic carbocycles. The summed E-state index contributed by atoms with van der Waals surface area (Å²) in [7, 11) is 0. The van der Waals surface area contributed by atoms with E-state index in [1.54, 1.807) is 0 Å². The first-order valence-corrected chi connectivity index (χ1v) is 18.8. The minimum Gasteiger partial charge on any atom is -0.311 e. The van der Waals surface area contributed by atoms with E-state index in [-0.39, 0.29) is 0 Å². The molecule has 0 unspecified atom stereocenters. The van der Waals surface area contributed by atoms with Gasteiger partial charge in [-0.1, -0.05) is 176 Å². The molecule has 0 heterocycles. The lowest BCUT2D eigenvalue weighted by molar-refractivity contribution is 1.28. The van der Waals surface area contributed by atoms with E-state index in [1.807, 2.05) is 0 Å². The largest absolute Gasteiger partial charge is 0.311 e. The quantitative estimate of drug-likeness (QED) is 0.145. The molecule has 9 rings (SSSR count). The molecule has 0 aliphatic rings. The van der Waals surface area contributed by atoms with E-state index in [9.17, 15) is 0 Å². The molecule has 9 aromatic rings.